The van der Waals surface area contributed by atoms with Gasteiger partial charge in [-0.15, -0.1) is 0 Å². The van der Waals surface area contributed by atoms with Crippen LogP contribution in [0.3, 0.4) is 0 Å². The molecule has 2 heterocycles. The van der Waals surface area contributed by atoms with E-state index in [-0.39, 0.29) is 18.2 Å². The van der Waals surface area contributed by atoms with E-state index in [1.807, 2.05) is 48.0 Å². The number of rotatable bonds is 5. The summed E-state index contributed by atoms with van der Waals surface area (Å²) in [5.74, 6) is -0.00228. The van der Waals surface area contributed by atoms with Crippen LogP contribution in [-0.2, 0) is 17.8 Å². The summed E-state index contributed by atoms with van der Waals surface area (Å²) in [6.45, 7) is 2.66. The zero-order valence-corrected chi connectivity index (χ0v) is 17.0. The molecule has 7 nitrogen and oxygen atoms in total. The summed E-state index contributed by atoms with van der Waals surface area (Å²) < 4.78 is 7.57. The van der Waals surface area contributed by atoms with Gasteiger partial charge in [0.2, 0.25) is 0 Å². The number of aryl methyl sites for hydroxylation is 3. The molecule has 4 rings (SSSR count). The highest BCUT2D eigenvalue weighted by atomic mass is 16.5. The number of benzene rings is 2. The minimum Gasteiger partial charge on any atom is -0.489 e. The molecule has 3 aromatic rings. The molecule has 1 atom stereocenters. The van der Waals surface area contributed by atoms with Gasteiger partial charge in [0.25, 0.3) is 11.8 Å². The molecule has 154 valence electrons. The highest BCUT2D eigenvalue weighted by molar-refractivity contribution is 6.02. The van der Waals surface area contributed by atoms with E-state index in [0.717, 1.165) is 12.1 Å². The van der Waals surface area contributed by atoms with Gasteiger partial charge in [-0.25, -0.2) is 0 Å². The van der Waals surface area contributed by atoms with Crippen molar-refractivity contribution in [3.63, 3.8) is 0 Å². The Balaban J connectivity index is 1.43. The SMILES string of the molecule is Cc1cc(C(=O)NC2COc3ccccc3N(C)C2=O)nn1CCc1ccccc1. The first-order chi connectivity index (χ1) is 14.5. The van der Waals surface area contributed by atoms with Crippen LogP contribution in [0.1, 0.15) is 21.7 Å². The van der Waals surface area contributed by atoms with E-state index in [4.69, 9.17) is 4.74 Å². The molecule has 1 aliphatic heterocycles. The maximum Gasteiger partial charge on any atom is 0.272 e. The molecule has 0 fully saturated rings. The molecule has 30 heavy (non-hydrogen) atoms. The van der Waals surface area contributed by atoms with E-state index in [0.29, 0.717) is 18.0 Å². The van der Waals surface area contributed by atoms with E-state index >= 15 is 0 Å². The van der Waals surface area contributed by atoms with Crippen LogP contribution in [0.15, 0.2) is 60.7 Å². The predicted octanol–water partition coefficient (Wildman–Crippen LogP) is 2.59. The first-order valence-electron chi connectivity index (χ1n) is 9.91. The summed E-state index contributed by atoms with van der Waals surface area (Å²) in [6, 6.07) is 18.4. The van der Waals surface area contributed by atoms with E-state index in [1.165, 1.54) is 10.5 Å². The molecular weight excluding hydrogens is 380 g/mol. The molecule has 7 heteroatoms. The summed E-state index contributed by atoms with van der Waals surface area (Å²) in [7, 11) is 1.68. The number of amides is 2. The van der Waals surface area contributed by atoms with Crippen molar-refractivity contribution in [3.05, 3.63) is 77.6 Å². The van der Waals surface area contributed by atoms with E-state index in [9.17, 15) is 9.59 Å². The largest absolute Gasteiger partial charge is 0.489 e. The third kappa shape index (κ3) is 4.05. The molecule has 0 bridgehead atoms. The van der Waals surface area contributed by atoms with Crippen molar-refractivity contribution in [1.29, 1.82) is 0 Å². The van der Waals surface area contributed by atoms with Crippen molar-refractivity contribution >= 4 is 17.5 Å². The second-order valence-corrected chi connectivity index (χ2v) is 7.33. The molecule has 1 aromatic heterocycles. The van der Waals surface area contributed by atoms with Crippen LogP contribution in [0.2, 0.25) is 0 Å². The fourth-order valence-corrected chi connectivity index (χ4v) is 3.52. The number of para-hydroxylation sites is 2. The van der Waals surface area contributed by atoms with Gasteiger partial charge in [0.15, 0.2) is 0 Å². The van der Waals surface area contributed by atoms with E-state index in [2.05, 4.69) is 22.5 Å². The zero-order chi connectivity index (χ0) is 21.1. The molecule has 0 saturated heterocycles. The van der Waals surface area contributed by atoms with Gasteiger partial charge in [-0.1, -0.05) is 42.5 Å². The van der Waals surface area contributed by atoms with E-state index < -0.39 is 11.9 Å². The number of carbonyl (C=O) groups excluding carboxylic acids is 2. The number of fused-ring (bicyclic) bond motifs is 1. The molecule has 2 amide bonds. The van der Waals surface area contributed by atoms with Crippen molar-refractivity contribution in [1.82, 2.24) is 15.1 Å². The number of nitrogens with zero attached hydrogens (tertiary/aromatic N) is 3. The van der Waals surface area contributed by atoms with Crippen molar-refractivity contribution in [2.75, 3.05) is 18.6 Å². The van der Waals surface area contributed by atoms with Gasteiger partial charge < -0.3 is 15.0 Å². The number of likely N-dealkylation sites (N-methyl/N-ethyl adjacent to an activating group) is 1. The Labute approximate surface area is 175 Å². The summed E-state index contributed by atoms with van der Waals surface area (Å²) >= 11 is 0. The first-order valence-corrected chi connectivity index (χ1v) is 9.91. The minimum absolute atomic E-state index is 0.0691. The summed E-state index contributed by atoms with van der Waals surface area (Å²) in [6.07, 6.45) is 0.822. The Bertz CT molecular complexity index is 1060. The van der Waals surface area contributed by atoms with Crippen molar-refractivity contribution in [2.24, 2.45) is 0 Å². The number of nitrogens with one attached hydrogen (secondary N) is 1. The molecule has 1 N–H and O–H groups in total. The van der Waals surface area contributed by atoms with Gasteiger partial charge in [0.05, 0.1) is 5.69 Å². The Morgan fingerprint density at radius 3 is 2.70 bits per heavy atom. The van der Waals surface area contributed by atoms with E-state index in [1.54, 1.807) is 19.2 Å². The number of carbonyl (C=O) groups is 2. The van der Waals surface area contributed by atoms with Crippen molar-refractivity contribution in [3.8, 4) is 5.75 Å². The smallest absolute Gasteiger partial charge is 0.272 e. The van der Waals surface area contributed by atoms with Crippen LogP contribution in [0.4, 0.5) is 5.69 Å². The second-order valence-electron chi connectivity index (χ2n) is 7.33. The highest BCUT2D eigenvalue weighted by Crippen LogP contribution is 2.29. The standard InChI is InChI=1S/C23H24N4O3/c1-16-14-18(25-27(16)13-12-17-8-4-3-5-9-17)22(28)24-19-15-30-21-11-7-6-10-20(21)26(2)23(19)29/h3-11,14,19H,12-13,15H2,1-2H3,(H,24,28). The van der Waals surface area contributed by atoms with Crippen LogP contribution in [0, 0.1) is 6.92 Å². The molecule has 0 aliphatic carbocycles. The lowest BCUT2D eigenvalue weighted by Crippen LogP contribution is -2.49. The van der Waals surface area contributed by atoms with Gasteiger partial charge in [-0.3, -0.25) is 14.3 Å². The summed E-state index contributed by atoms with van der Waals surface area (Å²) in [5, 5.41) is 7.21. The lowest BCUT2D eigenvalue weighted by Gasteiger charge is -2.20. The fraction of sp³-hybridized carbons (Fsp3) is 0.261. The second kappa shape index (κ2) is 8.41. The van der Waals surface area contributed by atoms with Crippen molar-refractivity contribution < 1.29 is 14.3 Å². The Morgan fingerprint density at radius 2 is 1.90 bits per heavy atom. The van der Waals surface area contributed by atoms with Gasteiger partial charge in [0, 0.05) is 19.3 Å². The number of hydrogen-bond donors (Lipinski definition) is 1. The quantitative estimate of drug-likeness (QED) is 0.709. The molecule has 0 radical (unpaired) electrons. The van der Waals surface area contributed by atoms with Gasteiger partial charge >= 0.3 is 0 Å². The topological polar surface area (TPSA) is 76.5 Å². The normalized spacial score (nSPS) is 15.9. The molecule has 1 aliphatic rings. The average Bonchev–Trinajstić information content (AvgIpc) is 3.10. The lowest BCUT2D eigenvalue weighted by atomic mass is 10.1. The van der Waals surface area contributed by atoms with Crippen LogP contribution in [0.25, 0.3) is 0 Å². The highest BCUT2D eigenvalue weighted by Gasteiger charge is 2.31. The number of aromatic nitrogens is 2. The molecule has 2 aromatic carbocycles. The van der Waals surface area contributed by atoms with Gasteiger partial charge in [-0.2, -0.15) is 5.10 Å². The monoisotopic (exact) mass is 404 g/mol. The predicted molar refractivity (Wildman–Crippen MR) is 114 cm³/mol. The maximum absolute atomic E-state index is 12.8. The third-order valence-corrected chi connectivity index (χ3v) is 5.24. The number of anilines is 1. The Hall–Kier alpha value is -3.61. The Morgan fingerprint density at radius 1 is 1.17 bits per heavy atom. The fourth-order valence-electron chi connectivity index (χ4n) is 3.52. The van der Waals surface area contributed by atoms with Gasteiger partial charge in [-0.05, 0) is 37.1 Å². The van der Waals surface area contributed by atoms with Crippen LogP contribution < -0.4 is 15.0 Å². The third-order valence-electron chi connectivity index (χ3n) is 5.24. The molecule has 0 saturated carbocycles. The lowest BCUT2D eigenvalue weighted by molar-refractivity contribution is -0.120. The first kappa shape index (κ1) is 19.7. The molecular formula is C23H24N4O3. The number of ether oxygens (including phenoxy) is 1. The maximum atomic E-state index is 12.8. The number of hydrogen-bond acceptors (Lipinski definition) is 4. The Kier molecular flexibility index (Phi) is 5.52. The minimum atomic E-state index is -0.787. The van der Waals surface area contributed by atoms with Crippen LogP contribution in [-0.4, -0.2) is 41.3 Å². The van der Waals surface area contributed by atoms with Gasteiger partial charge in [0.1, 0.15) is 24.1 Å². The zero-order valence-electron chi connectivity index (χ0n) is 17.0. The van der Waals surface area contributed by atoms with Crippen LogP contribution in [0.5, 0.6) is 5.75 Å². The summed E-state index contributed by atoms with van der Waals surface area (Å²) in [5.41, 5.74) is 3.07. The molecule has 1 unspecified atom stereocenters. The van der Waals surface area contributed by atoms with Crippen LogP contribution >= 0.6 is 0 Å². The van der Waals surface area contributed by atoms with Crippen molar-refractivity contribution in [2.45, 2.75) is 25.9 Å². The summed E-state index contributed by atoms with van der Waals surface area (Å²) in [4.78, 5) is 27.1. The average molecular weight is 404 g/mol. The molecule has 0 spiro atoms.